The first-order valence-electron chi connectivity index (χ1n) is 9.83. The Balaban J connectivity index is 2.17. The van der Waals surface area contributed by atoms with Gasteiger partial charge in [0.15, 0.2) is 0 Å². The highest BCUT2D eigenvalue weighted by atomic mass is 16.5. The number of fused-ring (bicyclic) bond motifs is 1. The van der Waals surface area contributed by atoms with Gasteiger partial charge < -0.3 is 30.6 Å². The molecule has 2 rings (SSSR count). The van der Waals surface area contributed by atoms with Crippen molar-refractivity contribution in [1.29, 1.82) is 0 Å². The van der Waals surface area contributed by atoms with Crippen LogP contribution in [0.5, 0.6) is 0 Å². The average molecular weight is 443 g/mol. The maximum Gasteiger partial charge on any atom is 0.326 e. The van der Waals surface area contributed by atoms with Gasteiger partial charge in [-0.3, -0.25) is 14.4 Å². The molecule has 0 aliphatic heterocycles. The Kier molecular flexibility index (Phi) is 8.82. The topological polar surface area (TPSA) is 165 Å². The summed E-state index contributed by atoms with van der Waals surface area (Å²) >= 11 is 0. The highest BCUT2D eigenvalue weighted by Gasteiger charge is 2.28. The van der Waals surface area contributed by atoms with Crippen LogP contribution in [0.15, 0.2) is 30.5 Å². The molecule has 0 aliphatic rings. The first kappa shape index (κ1) is 24.4. The number of aliphatic carboxylic acids is 1. The van der Waals surface area contributed by atoms with E-state index >= 15 is 0 Å². The van der Waals surface area contributed by atoms with Gasteiger partial charge >= 0.3 is 12.2 Å². The minimum atomic E-state index is -1.36. The number of amides is 2. The van der Waals surface area contributed by atoms with Gasteiger partial charge in [0.1, 0.15) is 18.8 Å². The minimum absolute atomic E-state index is 0.0962. The molecule has 1 heterocycles. The number of likely N-dealkylation sites (N-methyl/N-ethyl adjacent to an activating group) is 1. The summed E-state index contributed by atoms with van der Waals surface area (Å²) in [4.78, 5) is 54.9. The van der Waals surface area contributed by atoms with Crippen molar-refractivity contribution >= 4 is 40.7 Å². The average Bonchev–Trinajstić information content (AvgIpc) is 3.16. The Hall–Kier alpha value is -3.82. The molecule has 0 saturated heterocycles. The Morgan fingerprint density at radius 3 is 2.66 bits per heavy atom. The lowest BCUT2D eigenvalue weighted by Crippen LogP contribution is -2.47. The Bertz CT molecular complexity index is 1040. The number of carbonyl (C=O) groups excluding carboxylic acids is 3. The van der Waals surface area contributed by atoms with Crippen LogP contribution in [0.3, 0.4) is 0 Å². The zero-order valence-corrected chi connectivity index (χ0v) is 17.8. The summed E-state index contributed by atoms with van der Waals surface area (Å²) in [6, 6.07) is 6.09. The van der Waals surface area contributed by atoms with E-state index in [0.29, 0.717) is 6.21 Å². The summed E-state index contributed by atoms with van der Waals surface area (Å²) in [5, 5.41) is 12.7. The lowest BCUT2D eigenvalue weighted by Gasteiger charge is -2.21. The number of carboxylic acids is 1. The molecule has 0 unspecified atom stereocenters. The first-order chi connectivity index (χ1) is 15.2. The molecule has 11 nitrogen and oxygen atoms in total. The second-order valence-electron chi connectivity index (χ2n) is 7.30. The molecule has 170 valence electrons. The number of nitrogens with one attached hydrogen (secondary N) is 2. The molecular formula is C21H25N5O6. The van der Waals surface area contributed by atoms with Crippen LogP contribution in [-0.4, -0.2) is 82.4 Å². The fourth-order valence-corrected chi connectivity index (χ4v) is 2.97. The number of aromatic amines is 1. The van der Waals surface area contributed by atoms with Crippen molar-refractivity contribution in [3.05, 3.63) is 41.6 Å². The van der Waals surface area contributed by atoms with Crippen LogP contribution >= 0.6 is 0 Å². The molecule has 0 radical (unpaired) electrons. The van der Waals surface area contributed by atoms with Gasteiger partial charge in [0.25, 0.3) is 0 Å². The van der Waals surface area contributed by atoms with E-state index in [4.69, 9.17) is 10.3 Å². The fourth-order valence-electron chi connectivity index (χ4n) is 2.97. The van der Waals surface area contributed by atoms with E-state index in [1.807, 2.05) is 24.3 Å². The molecule has 3 N–H and O–H groups in total. The van der Waals surface area contributed by atoms with E-state index in [0.717, 1.165) is 16.5 Å². The summed E-state index contributed by atoms with van der Waals surface area (Å²) < 4.78 is 5.56. The summed E-state index contributed by atoms with van der Waals surface area (Å²) in [5.41, 5.74) is 10.0. The number of benzene rings is 1. The molecule has 0 aliphatic carbocycles. The number of nitrogens with zero attached hydrogens (tertiary/aromatic N) is 3. The normalized spacial score (nSPS) is 12.4. The van der Waals surface area contributed by atoms with E-state index in [1.165, 1.54) is 4.90 Å². The van der Waals surface area contributed by atoms with Gasteiger partial charge in [-0.1, -0.05) is 18.2 Å². The molecule has 0 bridgehead atoms. The van der Waals surface area contributed by atoms with Crippen molar-refractivity contribution in [1.82, 2.24) is 15.2 Å². The predicted molar refractivity (Wildman–Crippen MR) is 114 cm³/mol. The van der Waals surface area contributed by atoms with Crippen molar-refractivity contribution in [3.8, 4) is 0 Å². The number of Topliss-reactive ketones (excluding diaryl/α,β-unsaturated/α-hetero) is 1. The molecule has 0 saturated carbocycles. The van der Waals surface area contributed by atoms with E-state index in [-0.39, 0.29) is 31.8 Å². The number of carboxylic acid groups (broad SMARTS) is 1. The molecule has 1 aromatic carbocycles. The number of rotatable bonds is 12. The van der Waals surface area contributed by atoms with Crippen molar-refractivity contribution in [2.75, 3.05) is 20.7 Å². The van der Waals surface area contributed by atoms with Gasteiger partial charge in [0.05, 0.1) is 0 Å². The SMILES string of the molecule is CN(C)C(=O)CO[C@@H](Cc1c[nH]c2ccccc12)C(=O)N[C@@H](CCC(=O)C=[N+]=[N-])C(=O)O. The van der Waals surface area contributed by atoms with Gasteiger partial charge in [-0.2, -0.15) is 4.79 Å². The second-order valence-corrected chi connectivity index (χ2v) is 7.30. The van der Waals surface area contributed by atoms with E-state index in [2.05, 4.69) is 15.1 Å². The maximum atomic E-state index is 12.9. The Labute approximate surface area is 184 Å². The number of hydrogen-bond acceptors (Lipinski definition) is 5. The van der Waals surface area contributed by atoms with Crippen LogP contribution in [0.25, 0.3) is 16.4 Å². The van der Waals surface area contributed by atoms with E-state index in [1.54, 1.807) is 20.3 Å². The standard InChI is InChI=1S/C21H25N5O6/c1-26(2)19(28)12-32-18(9-13-10-23-16-6-4-3-5-15(13)16)20(29)25-17(21(30)31)8-7-14(27)11-24-22/h3-6,10-11,17-18,23H,7-9,12H2,1-2H3,(H,25,29)(H,30,31)/t17-,18-/m0/s1. The highest BCUT2D eigenvalue weighted by Crippen LogP contribution is 2.20. The van der Waals surface area contributed by atoms with E-state index < -0.39 is 29.8 Å². The zero-order chi connectivity index (χ0) is 23.7. The number of aromatic nitrogens is 1. The monoisotopic (exact) mass is 443 g/mol. The smallest absolute Gasteiger partial charge is 0.326 e. The van der Waals surface area contributed by atoms with Crippen LogP contribution in [-0.2, 0) is 30.3 Å². The van der Waals surface area contributed by atoms with Crippen molar-refractivity contribution in [2.45, 2.75) is 31.4 Å². The third-order valence-electron chi connectivity index (χ3n) is 4.78. The first-order valence-corrected chi connectivity index (χ1v) is 9.83. The van der Waals surface area contributed by atoms with Gasteiger partial charge in [0.2, 0.25) is 17.6 Å². The quantitative estimate of drug-likeness (QED) is 0.244. The molecule has 2 atom stereocenters. The molecular weight excluding hydrogens is 418 g/mol. The lowest BCUT2D eigenvalue weighted by atomic mass is 10.0. The summed E-state index contributed by atoms with van der Waals surface area (Å²) in [7, 11) is 3.10. The predicted octanol–water partition coefficient (Wildman–Crippen LogP) is 0.403. The third kappa shape index (κ3) is 6.86. The lowest BCUT2D eigenvalue weighted by molar-refractivity contribution is -0.147. The van der Waals surface area contributed by atoms with Crippen LogP contribution < -0.4 is 5.32 Å². The highest BCUT2D eigenvalue weighted by molar-refractivity contribution is 6.25. The summed E-state index contributed by atoms with van der Waals surface area (Å²) in [5.74, 6) is -3.00. The van der Waals surface area contributed by atoms with Crippen LogP contribution in [0.4, 0.5) is 0 Å². The van der Waals surface area contributed by atoms with Crippen molar-refractivity contribution < 1.29 is 33.8 Å². The fraction of sp³-hybridized carbons (Fsp3) is 0.381. The number of carbonyl (C=O) groups is 4. The maximum absolute atomic E-state index is 12.9. The molecule has 0 spiro atoms. The Morgan fingerprint density at radius 2 is 2.00 bits per heavy atom. The summed E-state index contributed by atoms with van der Waals surface area (Å²) in [6.07, 6.45) is 0.894. The molecule has 11 heteroatoms. The number of hydrogen-bond donors (Lipinski definition) is 3. The van der Waals surface area contributed by atoms with E-state index in [9.17, 15) is 24.3 Å². The van der Waals surface area contributed by atoms with Crippen molar-refractivity contribution in [2.24, 2.45) is 0 Å². The van der Waals surface area contributed by atoms with Crippen LogP contribution in [0, 0.1) is 0 Å². The molecule has 1 aromatic heterocycles. The van der Waals surface area contributed by atoms with Crippen LogP contribution in [0.2, 0.25) is 0 Å². The van der Waals surface area contributed by atoms with Gasteiger partial charge in [0, 0.05) is 44.0 Å². The number of para-hydroxylation sites is 1. The third-order valence-corrected chi connectivity index (χ3v) is 4.78. The van der Waals surface area contributed by atoms with Crippen LogP contribution in [0.1, 0.15) is 18.4 Å². The van der Waals surface area contributed by atoms with Gasteiger partial charge in [-0.05, 0) is 18.1 Å². The molecule has 2 aromatic rings. The zero-order valence-electron chi connectivity index (χ0n) is 17.8. The number of ether oxygens (including phenoxy) is 1. The van der Waals surface area contributed by atoms with Gasteiger partial charge in [-0.15, -0.1) is 0 Å². The van der Waals surface area contributed by atoms with Gasteiger partial charge in [-0.25, -0.2) is 4.79 Å². The Morgan fingerprint density at radius 1 is 1.28 bits per heavy atom. The number of ketones is 1. The molecule has 0 fully saturated rings. The molecule has 2 amide bonds. The second kappa shape index (κ2) is 11.5. The minimum Gasteiger partial charge on any atom is -0.480 e. The largest absolute Gasteiger partial charge is 0.480 e. The summed E-state index contributed by atoms with van der Waals surface area (Å²) in [6.45, 7) is -0.364. The van der Waals surface area contributed by atoms with Crippen molar-refractivity contribution in [3.63, 3.8) is 0 Å². The number of H-pyrrole nitrogens is 1. The molecule has 32 heavy (non-hydrogen) atoms.